The highest BCUT2D eigenvalue weighted by Crippen LogP contribution is 2.35. The maximum Gasteiger partial charge on any atom is 0.407 e. The first kappa shape index (κ1) is 64.1. The number of carbonyl (C=O) groups excluding carboxylic acids is 7. The molecule has 0 aromatic heterocycles. The first-order valence-corrected chi connectivity index (χ1v) is 29.4. The summed E-state index contributed by atoms with van der Waals surface area (Å²) in [5.74, 6) is 0.0344. The number of nitrogens with zero attached hydrogens (tertiary/aromatic N) is 1. The van der Waals surface area contributed by atoms with Crippen LogP contribution in [0.5, 0.6) is 0 Å². The Morgan fingerprint density at radius 3 is 1.24 bits per heavy atom. The molecule has 2 aliphatic carbocycles. The van der Waals surface area contributed by atoms with E-state index in [1.54, 1.807) is 6.92 Å². The molecule has 426 valence electrons. The van der Waals surface area contributed by atoms with Gasteiger partial charge in [0.1, 0.15) is 6.61 Å². The Morgan fingerprint density at radius 1 is 0.446 bits per heavy atom. The largest absolute Gasteiger partial charge is 0.466 e. The van der Waals surface area contributed by atoms with Crippen LogP contribution in [0.15, 0.2) is 0 Å². The van der Waals surface area contributed by atoms with Crippen LogP contribution >= 0.6 is 0 Å². The minimum Gasteiger partial charge on any atom is -0.466 e. The van der Waals surface area contributed by atoms with Crippen molar-refractivity contribution in [2.75, 3.05) is 52.7 Å². The fraction of sp³-hybridized carbons (Fsp3) is 0.877. The van der Waals surface area contributed by atoms with E-state index in [2.05, 4.69) is 29.4 Å². The maximum atomic E-state index is 13.0. The Balaban J connectivity index is 1.08. The van der Waals surface area contributed by atoms with Crippen LogP contribution in [0.25, 0.3) is 0 Å². The SMILES string of the molecule is CCCCCCCCCC(=O)OCC(CN1CC1C)OC(=O)NC1CCC(CC2CCC(NC(=O)OCCCCCCOC(=O)CCCCC(=O)OCCCCCCOC(=O)CCCCC(=O)OCC)CC2)CC1. The van der Waals surface area contributed by atoms with Gasteiger partial charge in [-0.3, -0.25) is 28.9 Å². The van der Waals surface area contributed by atoms with Gasteiger partial charge in [-0.25, -0.2) is 9.59 Å². The van der Waals surface area contributed by atoms with E-state index in [1.165, 1.54) is 32.1 Å². The standard InChI is InChI=1S/C57H99N3O14/c1-4-6-7-8-9-10-15-24-55(65)73-44-50(43-60-42-45(60)3)74-57(67)59-49-35-31-47(32-36-49)41-46-29-33-48(34-30-46)58-56(66)72-40-23-14-13-22-39-71-54(64)28-19-18-27-53(63)70-38-21-12-11-20-37-69-52(62)26-17-16-25-51(61)68-5-2/h45-50H,4-44H2,1-3H3,(H,58,66)(H,59,67). The molecule has 74 heavy (non-hydrogen) atoms. The summed E-state index contributed by atoms with van der Waals surface area (Å²) >= 11 is 0. The molecule has 0 aromatic rings. The Kier molecular flexibility index (Phi) is 35.6. The molecule has 0 spiro atoms. The van der Waals surface area contributed by atoms with Crippen LogP contribution in [0.1, 0.15) is 233 Å². The number of rotatable bonds is 42. The van der Waals surface area contributed by atoms with Gasteiger partial charge in [0.05, 0.1) is 33.0 Å². The van der Waals surface area contributed by atoms with Gasteiger partial charge in [0.2, 0.25) is 0 Å². The fourth-order valence-corrected chi connectivity index (χ4v) is 9.90. The van der Waals surface area contributed by atoms with Crippen LogP contribution in [0.4, 0.5) is 9.59 Å². The highest BCUT2D eigenvalue weighted by Gasteiger charge is 2.34. The van der Waals surface area contributed by atoms with Crippen molar-refractivity contribution in [1.29, 1.82) is 0 Å². The van der Waals surface area contributed by atoms with E-state index in [9.17, 15) is 33.6 Å². The zero-order valence-corrected chi connectivity index (χ0v) is 46.1. The van der Waals surface area contributed by atoms with E-state index in [0.29, 0.717) is 102 Å². The van der Waals surface area contributed by atoms with Crippen molar-refractivity contribution < 1.29 is 66.7 Å². The molecule has 2 N–H and O–H groups in total. The summed E-state index contributed by atoms with van der Waals surface area (Å²) in [6.07, 6.45) is 26.3. The Morgan fingerprint density at radius 2 is 0.811 bits per heavy atom. The number of carbonyl (C=O) groups is 7. The third-order valence-corrected chi connectivity index (χ3v) is 14.5. The van der Waals surface area contributed by atoms with Crippen LogP contribution in [-0.2, 0) is 57.1 Å². The molecular formula is C57H99N3O14. The molecule has 1 saturated heterocycles. The maximum absolute atomic E-state index is 13.0. The average Bonchev–Trinajstić information content (AvgIpc) is 4.08. The van der Waals surface area contributed by atoms with E-state index in [-0.39, 0.29) is 67.5 Å². The number of unbranched alkanes of at least 4 members (excludes halogenated alkanes) is 14. The van der Waals surface area contributed by atoms with Gasteiger partial charge in [-0.2, -0.15) is 0 Å². The molecule has 0 radical (unpaired) electrons. The minimum atomic E-state index is -0.482. The lowest BCUT2D eigenvalue weighted by Crippen LogP contribution is -2.42. The Hall–Kier alpha value is -4.15. The molecule has 0 bridgehead atoms. The summed E-state index contributed by atoms with van der Waals surface area (Å²) in [6.45, 7) is 9.51. The zero-order chi connectivity index (χ0) is 53.4. The minimum absolute atomic E-state index is 0.0907. The summed E-state index contributed by atoms with van der Waals surface area (Å²) < 4.78 is 37.6. The van der Waals surface area contributed by atoms with Gasteiger partial charge >= 0.3 is 42.0 Å². The van der Waals surface area contributed by atoms with E-state index in [1.807, 2.05) is 0 Å². The molecule has 3 atom stereocenters. The van der Waals surface area contributed by atoms with E-state index >= 15 is 0 Å². The molecule has 1 aliphatic heterocycles. The second-order valence-corrected chi connectivity index (χ2v) is 21.2. The quantitative estimate of drug-likeness (QED) is 0.0252. The molecule has 3 rings (SSSR count). The second-order valence-electron chi connectivity index (χ2n) is 21.2. The molecule has 3 unspecified atom stereocenters. The Labute approximate surface area is 444 Å². The highest BCUT2D eigenvalue weighted by molar-refractivity contribution is 5.72. The number of nitrogens with one attached hydrogen (secondary N) is 2. The number of alkyl carbamates (subject to hydrolysis) is 2. The van der Waals surface area contributed by atoms with Gasteiger partial charge in [-0.15, -0.1) is 0 Å². The van der Waals surface area contributed by atoms with Crippen molar-refractivity contribution >= 4 is 42.0 Å². The molecule has 3 fully saturated rings. The number of hydrogen-bond acceptors (Lipinski definition) is 15. The van der Waals surface area contributed by atoms with Crippen molar-refractivity contribution in [2.45, 2.75) is 257 Å². The normalized spacial score (nSPS) is 20.6. The van der Waals surface area contributed by atoms with Crippen LogP contribution in [0.2, 0.25) is 0 Å². The molecular weight excluding hydrogens is 951 g/mol. The summed E-state index contributed by atoms with van der Waals surface area (Å²) in [6, 6.07) is 0.687. The van der Waals surface area contributed by atoms with Crippen molar-refractivity contribution in [3.05, 3.63) is 0 Å². The first-order valence-electron chi connectivity index (χ1n) is 29.4. The first-order chi connectivity index (χ1) is 35.9. The number of amides is 2. The van der Waals surface area contributed by atoms with Gasteiger partial charge in [-0.1, -0.05) is 45.4 Å². The second kappa shape index (κ2) is 41.1. The van der Waals surface area contributed by atoms with Crippen LogP contribution < -0.4 is 10.6 Å². The lowest BCUT2D eigenvalue weighted by atomic mass is 9.76. The van der Waals surface area contributed by atoms with Gasteiger partial charge in [0.15, 0.2) is 6.10 Å². The summed E-state index contributed by atoms with van der Waals surface area (Å²) in [5.41, 5.74) is 0. The van der Waals surface area contributed by atoms with E-state index < -0.39 is 12.2 Å². The van der Waals surface area contributed by atoms with Gasteiger partial charge in [0, 0.05) is 63.3 Å². The van der Waals surface area contributed by atoms with Crippen molar-refractivity contribution in [2.24, 2.45) is 11.8 Å². The number of hydrogen-bond donors (Lipinski definition) is 2. The number of ether oxygens (including phenoxy) is 7. The molecule has 1 heterocycles. The van der Waals surface area contributed by atoms with Crippen molar-refractivity contribution in [1.82, 2.24) is 15.5 Å². The lowest BCUT2D eigenvalue weighted by Gasteiger charge is -2.34. The molecule has 17 heteroatoms. The molecule has 2 saturated carbocycles. The smallest absolute Gasteiger partial charge is 0.407 e. The van der Waals surface area contributed by atoms with E-state index in [0.717, 1.165) is 129 Å². The summed E-state index contributed by atoms with van der Waals surface area (Å²) in [4.78, 5) is 87.4. The zero-order valence-electron chi connectivity index (χ0n) is 46.1. The fourth-order valence-electron chi connectivity index (χ4n) is 9.90. The molecule has 3 aliphatic rings. The third-order valence-electron chi connectivity index (χ3n) is 14.5. The number of esters is 5. The van der Waals surface area contributed by atoms with Crippen molar-refractivity contribution in [3.8, 4) is 0 Å². The predicted octanol–water partition coefficient (Wildman–Crippen LogP) is 11.1. The van der Waals surface area contributed by atoms with Crippen LogP contribution in [0, 0.1) is 11.8 Å². The predicted molar refractivity (Wildman–Crippen MR) is 282 cm³/mol. The monoisotopic (exact) mass is 1050 g/mol. The Bertz CT molecular complexity index is 1570. The van der Waals surface area contributed by atoms with Gasteiger partial charge < -0.3 is 43.8 Å². The summed E-state index contributed by atoms with van der Waals surface area (Å²) in [7, 11) is 0. The topological polar surface area (TPSA) is 211 Å². The highest BCUT2D eigenvalue weighted by atomic mass is 16.6. The van der Waals surface area contributed by atoms with Crippen molar-refractivity contribution in [3.63, 3.8) is 0 Å². The average molecular weight is 1050 g/mol. The summed E-state index contributed by atoms with van der Waals surface area (Å²) in [5, 5.41) is 6.17. The third kappa shape index (κ3) is 33.7. The molecule has 17 nitrogen and oxygen atoms in total. The van der Waals surface area contributed by atoms with E-state index in [4.69, 9.17) is 33.2 Å². The van der Waals surface area contributed by atoms with Gasteiger partial charge in [0.25, 0.3) is 0 Å². The van der Waals surface area contributed by atoms with Crippen LogP contribution in [-0.4, -0.2) is 124 Å². The lowest BCUT2D eigenvalue weighted by molar-refractivity contribution is -0.147. The van der Waals surface area contributed by atoms with Crippen LogP contribution in [0.3, 0.4) is 0 Å². The molecule has 2 amide bonds. The van der Waals surface area contributed by atoms with Gasteiger partial charge in [-0.05, 0) is 167 Å². The molecule has 0 aromatic carbocycles.